The summed E-state index contributed by atoms with van der Waals surface area (Å²) in [6, 6.07) is 14.8. The molecule has 2 aromatic carbocycles. The van der Waals surface area contributed by atoms with Crippen LogP contribution < -0.4 is 10.5 Å². The lowest BCUT2D eigenvalue weighted by molar-refractivity contribution is 0.0992. The normalized spacial score (nSPS) is 11.1. The molecular weight excluding hydrogens is 388 g/mol. The summed E-state index contributed by atoms with van der Waals surface area (Å²) in [5.41, 5.74) is 8.33. The predicted octanol–water partition coefficient (Wildman–Crippen LogP) is 3.24. The summed E-state index contributed by atoms with van der Waals surface area (Å²) < 4.78 is 27.4. The van der Waals surface area contributed by atoms with E-state index in [4.69, 9.17) is 5.73 Å². The molecule has 0 fully saturated rings. The summed E-state index contributed by atoms with van der Waals surface area (Å²) in [6.07, 6.45) is 1.61. The van der Waals surface area contributed by atoms with Crippen molar-refractivity contribution in [3.8, 4) is 0 Å². The van der Waals surface area contributed by atoms with E-state index in [0.29, 0.717) is 11.3 Å². The van der Waals surface area contributed by atoms with E-state index in [0.717, 1.165) is 5.56 Å². The van der Waals surface area contributed by atoms with Gasteiger partial charge in [0.1, 0.15) is 0 Å². The van der Waals surface area contributed by atoms with Crippen LogP contribution in [0.15, 0.2) is 66.1 Å². The third-order valence-electron chi connectivity index (χ3n) is 4.29. The average Bonchev–Trinajstić information content (AvgIpc) is 2.72. The highest BCUT2D eigenvalue weighted by molar-refractivity contribution is 7.92. The SMILES string of the molecule is C=Cc1ccc(C(=O)Cc2nc(NS(=O)(=O)c3ccccc3)nc(C)c2N)cc1. The van der Waals surface area contributed by atoms with Crippen molar-refractivity contribution in [2.45, 2.75) is 18.2 Å². The van der Waals surface area contributed by atoms with Gasteiger partial charge in [-0.25, -0.2) is 23.1 Å². The second kappa shape index (κ2) is 8.24. The third-order valence-corrected chi connectivity index (χ3v) is 5.63. The van der Waals surface area contributed by atoms with Crippen LogP contribution in [0.5, 0.6) is 0 Å². The van der Waals surface area contributed by atoms with E-state index in [1.54, 1.807) is 55.5 Å². The number of Topliss-reactive ketones (excluding diaryl/α,β-unsaturated/α-hetero) is 1. The number of carbonyl (C=O) groups is 1. The van der Waals surface area contributed by atoms with E-state index in [1.165, 1.54) is 12.1 Å². The monoisotopic (exact) mass is 408 g/mol. The number of nitrogen functional groups attached to an aromatic ring is 1. The number of anilines is 2. The summed E-state index contributed by atoms with van der Waals surface area (Å²) in [4.78, 5) is 21.0. The Morgan fingerprint density at radius 2 is 1.76 bits per heavy atom. The lowest BCUT2D eigenvalue weighted by Crippen LogP contribution is -2.18. The van der Waals surface area contributed by atoms with Crippen LogP contribution in [0.1, 0.15) is 27.3 Å². The first-order valence-corrected chi connectivity index (χ1v) is 10.2. The van der Waals surface area contributed by atoms with Crippen molar-refractivity contribution in [3.63, 3.8) is 0 Å². The van der Waals surface area contributed by atoms with Gasteiger partial charge in [-0.3, -0.25) is 4.79 Å². The highest BCUT2D eigenvalue weighted by Gasteiger charge is 2.19. The number of nitrogens with zero attached hydrogens (tertiary/aromatic N) is 2. The largest absolute Gasteiger partial charge is 0.396 e. The summed E-state index contributed by atoms with van der Waals surface area (Å²) >= 11 is 0. The Hall–Kier alpha value is -3.52. The summed E-state index contributed by atoms with van der Waals surface area (Å²) in [6.45, 7) is 5.31. The summed E-state index contributed by atoms with van der Waals surface area (Å²) in [5, 5.41) is 0. The molecule has 29 heavy (non-hydrogen) atoms. The lowest BCUT2D eigenvalue weighted by atomic mass is 10.0. The number of aryl methyl sites for hydroxylation is 1. The molecule has 0 aliphatic rings. The number of hydrogen-bond donors (Lipinski definition) is 2. The van der Waals surface area contributed by atoms with Gasteiger partial charge >= 0.3 is 0 Å². The van der Waals surface area contributed by atoms with Gasteiger partial charge in [0, 0.05) is 5.56 Å². The number of rotatable bonds is 7. The zero-order chi connectivity index (χ0) is 21.0. The fourth-order valence-corrected chi connectivity index (χ4v) is 3.62. The van der Waals surface area contributed by atoms with Crippen molar-refractivity contribution in [2.24, 2.45) is 0 Å². The zero-order valence-corrected chi connectivity index (χ0v) is 16.6. The molecule has 1 aromatic heterocycles. The van der Waals surface area contributed by atoms with Crippen LogP contribution in [-0.2, 0) is 16.4 Å². The first-order valence-electron chi connectivity index (χ1n) is 8.76. The molecule has 0 saturated carbocycles. The van der Waals surface area contributed by atoms with Gasteiger partial charge in [-0.2, -0.15) is 0 Å². The maximum Gasteiger partial charge on any atom is 0.264 e. The Bertz CT molecular complexity index is 1160. The maximum absolute atomic E-state index is 12.6. The molecule has 0 amide bonds. The molecule has 0 spiro atoms. The minimum Gasteiger partial charge on any atom is -0.396 e. The van der Waals surface area contributed by atoms with Gasteiger partial charge in [-0.1, -0.05) is 55.1 Å². The van der Waals surface area contributed by atoms with Crippen LogP contribution in [0.2, 0.25) is 0 Å². The van der Waals surface area contributed by atoms with Gasteiger partial charge in [-0.15, -0.1) is 0 Å². The molecule has 148 valence electrons. The molecule has 1 heterocycles. The van der Waals surface area contributed by atoms with Gasteiger partial charge in [0.25, 0.3) is 10.0 Å². The number of nitrogens with two attached hydrogens (primary N) is 1. The minimum atomic E-state index is -3.86. The first-order chi connectivity index (χ1) is 13.8. The molecule has 0 aliphatic heterocycles. The number of hydrogen-bond acceptors (Lipinski definition) is 6. The van der Waals surface area contributed by atoms with Crippen LogP contribution in [-0.4, -0.2) is 24.2 Å². The van der Waals surface area contributed by atoms with E-state index in [1.807, 2.05) is 0 Å². The fraction of sp³-hybridized carbons (Fsp3) is 0.0952. The highest BCUT2D eigenvalue weighted by Crippen LogP contribution is 2.20. The third kappa shape index (κ3) is 4.67. The second-order valence-corrected chi connectivity index (χ2v) is 8.02. The molecule has 0 unspecified atom stereocenters. The second-order valence-electron chi connectivity index (χ2n) is 6.34. The van der Waals surface area contributed by atoms with E-state index < -0.39 is 10.0 Å². The maximum atomic E-state index is 12.6. The molecular formula is C21H20N4O3S. The standard InChI is InChI=1S/C21H20N4O3S/c1-3-15-9-11-16(12-10-15)19(26)13-18-20(22)14(2)23-21(24-18)25-29(27,28)17-7-5-4-6-8-17/h3-12H,1,13,22H2,2H3,(H,23,24,25). The number of nitrogens with one attached hydrogen (secondary N) is 1. The van der Waals surface area contributed by atoms with E-state index in [9.17, 15) is 13.2 Å². The van der Waals surface area contributed by atoms with Gasteiger partial charge in [0.05, 0.1) is 28.4 Å². The lowest BCUT2D eigenvalue weighted by Gasteiger charge is -2.12. The van der Waals surface area contributed by atoms with Gasteiger partial charge in [0.15, 0.2) is 5.78 Å². The molecule has 0 radical (unpaired) electrons. The fourth-order valence-electron chi connectivity index (χ4n) is 2.66. The zero-order valence-electron chi connectivity index (χ0n) is 15.8. The van der Waals surface area contributed by atoms with Crippen molar-refractivity contribution in [1.82, 2.24) is 9.97 Å². The molecule has 0 saturated heterocycles. The Kier molecular flexibility index (Phi) is 5.74. The van der Waals surface area contributed by atoms with Gasteiger partial charge in [0.2, 0.25) is 5.95 Å². The number of ketones is 1. The van der Waals surface area contributed by atoms with Crippen LogP contribution >= 0.6 is 0 Å². The Morgan fingerprint density at radius 3 is 2.38 bits per heavy atom. The molecule has 0 aliphatic carbocycles. The topological polar surface area (TPSA) is 115 Å². The number of aromatic nitrogens is 2. The Labute approximate surface area is 169 Å². The van der Waals surface area contributed by atoms with Crippen LogP contribution in [0.4, 0.5) is 11.6 Å². The quantitative estimate of drug-likeness (QED) is 0.580. The van der Waals surface area contributed by atoms with E-state index >= 15 is 0 Å². The average molecular weight is 408 g/mol. The molecule has 3 N–H and O–H groups in total. The Balaban J connectivity index is 1.87. The van der Waals surface area contributed by atoms with Gasteiger partial charge < -0.3 is 5.73 Å². The van der Waals surface area contributed by atoms with Crippen LogP contribution in [0.3, 0.4) is 0 Å². The Morgan fingerprint density at radius 1 is 1.10 bits per heavy atom. The number of carbonyl (C=O) groups excluding carboxylic acids is 1. The van der Waals surface area contributed by atoms with Gasteiger partial charge in [-0.05, 0) is 24.6 Å². The minimum absolute atomic E-state index is 0.0807. The molecule has 3 aromatic rings. The summed E-state index contributed by atoms with van der Waals surface area (Å²) in [7, 11) is -3.86. The molecule has 0 atom stereocenters. The molecule has 0 bridgehead atoms. The first kappa shape index (κ1) is 20.2. The van der Waals surface area contributed by atoms with E-state index in [-0.39, 0.29) is 34.4 Å². The molecule has 3 rings (SSSR count). The van der Waals surface area contributed by atoms with Crippen LogP contribution in [0, 0.1) is 6.92 Å². The van der Waals surface area contributed by atoms with E-state index in [2.05, 4.69) is 21.3 Å². The molecule has 7 nitrogen and oxygen atoms in total. The number of benzene rings is 2. The van der Waals surface area contributed by atoms with Crippen molar-refractivity contribution in [3.05, 3.63) is 83.7 Å². The van der Waals surface area contributed by atoms with Crippen molar-refractivity contribution in [1.29, 1.82) is 0 Å². The van der Waals surface area contributed by atoms with Crippen molar-refractivity contribution in [2.75, 3.05) is 10.5 Å². The smallest absolute Gasteiger partial charge is 0.264 e. The highest BCUT2D eigenvalue weighted by atomic mass is 32.2. The van der Waals surface area contributed by atoms with Crippen molar-refractivity contribution < 1.29 is 13.2 Å². The van der Waals surface area contributed by atoms with Crippen molar-refractivity contribution >= 4 is 33.5 Å². The number of sulfonamides is 1. The molecule has 8 heteroatoms. The summed E-state index contributed by atoms with van der Waals surface area (Å²) in [5.74, 6) is -0.326. The van der Waals surface area contributed by atoms with Crippen LogP contribution in [0.25, 0.3) is 6.08 Å². The predicted molar refractivity (Wildman–Crippen MR) is 113 cm³/mol.